The predicted molar refractivity (Wildman–Crippen MR) is 29.0 cm³/mol. The number of hydrogen-bond acceptors (Lipinski definition) is 2. The second-order valence-electron chi connectivity index (χ2n) is 1.93. The van der Waals surface area contributed by atoms with E-state index in [0.29, 0.717) is 19.4 Å². The molecule has 4 nitrogen and oxygen atoms in total. The van der Waals surface area contributed by atoms with Crippen LogP contribution < -0.4 is 0 Å². The minimum absolute atomic E-state index is 0. The summed E-state index contributed by atoms with van der Waals surface area (Å²) >= 11 is 0. The summed E-state index contributed by atoms with van der Waals surface area (Å²) in [6, 6.07) is 0. The molecule has 1 rings (SSSR count). The Morgan fingerprint density at radius 2 is 2.20 bits per heavy atom. The topological polar surface area (TPSA) is 57.6 Å². The molecule has 0 atom stereocenters. The molecule has 1 saturated heterocycles. The molecule has 0 bridgehead atoms. The molecule has 1 aliphatic heterocycles. The van der Waals surface area contributed by atoms with E-state index < -0.39 is 6.09 Å². The van der Waals surface area contributed by atoms with Crippen molar-refractivity contribution in [3.05, 3.63) is 0 Å². The first kappa shape index (κ1) is 9.46. The molecule has 1 aliphatic rings. The van der Waals surface area contributed by atoms with Crippen molar-refractivity contribution in [3.63, 3.8) is 0 Å². The van der Waals surface area contributed by atoms with E-state index in [-0.39, 0.29) is 23.0 Å². The van der Waals surface area contributed by atoms with E-state index in [4.69, 9.17) is 5.11 Å². The van der Waals surface area contributed by atoms with Gasteiger partial charge >= 0.3 is 6.09 Å². The molecule has 0 saturated carbocycles. The van der Waals surface area contributed by atoms with Crippen molar-refractivity contribution in [2.45, 2.75) is 12.8 Å². The van der Waals surface area contributed by atoms with Crippen LogP contribution in [0.4, 0.5) is 4.79 Å². The van der Waals surface area contributed by atoms with Crippen LogP contribution in [0, 0.1) is 0 Å². The van der Waals surface area contributed by atoms with E-state index in [1.54, 1.807) is 0 Å². The molecule has 1 fully saturated rings. The second-order valence-corrected chi connectivity index (χ2v) is 1.93. The molecule has 10 heavy (non-hydrogen) atoms. The fourth-order valence-corrected chi connectivity index (χ4v) is 0.850. The summed E-state index contributed by atoms with van der Waals surface area (Å²) in [6.07, 6.45) is -0.0743. The minimum Gasteiger partial charge on any atom is -0.465 e. The minimum atomic E-state index is -1.13. The van der Waals surface area contributed by atoms with Gasteiger partial charge in [-0.05, 0) is 6.42 Å². The van der Waals surface area contributed by atoms with Crippen LogP contribution in [0.25, 0.3) is 0 Å². The summed E-state index contributed by atoms with van der Waals surface area (Å²) in [5, 5.41) is 8.29. The number of rotatable bonds is 0. The molecule has 2 amide bonds. The molecule has 1 radical (unpaired) electrons. The van der Waals surface area contributed by atoms with E-state index in [2.05, 4.69) is 0 Å². The Morgan fingerprint density at radius 3 is 2.40 bits per heavy atom. The number of carbonyl (C=O) groups is 2. The molecule has 0 aromatic rings. The molecule has 0 aromatic heterocycles. The Bertz CT molecular complexity index is 159. The van der Waals surface area contributed by atoms with Gasteiger partial charge in [0.05, 0.1) is 0 Å². The fraction of sp³-hybridized carbons (Fsp3) is 0.600. The van der Waals surface area contributed by atoms with Crippen molar-refractivity contribution in [2.24, 2.45) is 0 Å². The number of hydrogen-bond donors (Lipinski definition) is 1. The van der Waals surface area contributed by atoms with Crippen LogP contribution >= 0.6 is 0 Å². The van der Waals surface area contributed by atoms with Gasteiger partial charge in [-0.1, -0.05) is 0 Å². The van der Waals surface area contributed by atoms with Crippen molar-refractivity contribution in [2.75, 3.05) is 6.54 Å². The van der Waals surface area contributed by atoms with Crippen LogP contribution in [0.15, 0.2) is 0 Å². The Labute approximate surface area is 68.7 Å². The van der Waals surface area contributed by atoms with Crippen molar-refractivity contribution in [3.8, 4) is 0 Å². The van der Waals surface area contributed by atoms with Gasteiger partial charge in [0.15, 0.2) is 0 Å². The molecule has 57 valence electrons. The average molecular weight is 184 g/mol. The summed E-state index contributed by atoms with van der Waals surface area (Å²) in [5.74, 6) is -0.275. The van der Waals surface area contributed by atoms with Gasteiger partial charge in [0.25, 0.3) is 0 Å². The molecular weight excluding hydrogens is 177 g/mol. The molecule has 0 spiro atoms. The first-order valence-electron chi connectivity index (χ1n) is 2.75. The molecule has 1 heterocycles. The second kappa shape index (κ2) is 3.58. The summed E-state index contributed by atoms with van der Waals surface area (Å²) < 4.78 is 0. The van der Waals surface area contributed by atoms with E-state index in [9.17, 15) is 9.59 Å². The van der Waals surface area contributed by atoms with Crippen LogP contribution in [-0.2, 0) is 21.9 Å². The van der Waals surface area contributed by atoms with Crippen LogP contribution in [-0.4, -0.2) is 28.6 Å². The Morgan fingerprint density at radius 1 is 1.60 bits per heavy atom. The Balaban J connectivity index is 0.000000810. The number of carboxylic acid groups (broad SMARTS) is 1. The van der Waals surface area contributed by atoms with Crippen LogP contribution in [0.2, 0.25) is 0 Å². The van der Waals surface area contributed by atoms with Crippen molar-refractivity contribution in [1.82, 2.24) is 4.90 Å². The van der Waals surface area contributed by atoms with Crippen molar-refractivity contribution >= 4 is 12.0 Å². The summed E-state index contributed by atoms with van der Waals surface area (Å²) in [5.41, 5.74) is 0. The number of amides is 2. The summed E-state index contributed by atoms with van der Waals surface area (Å²) in [7, 11) is 0. The van der Waals surface area contributed by atoms with Gasteiger partial charge in [-0.15, -0.1) is 0 Å². The molecular formula is C5H7MnNO3. The smallest absolute Gasteiger partial charge is 0.414 e. The normalized spacial score (nSPS) is 16.8. The van der Waals surface area contributed by atoms with Crippen LogP contribution in [0.1, 0.15) is 12.8 Å². The van der Waals surface area contributed by atoms with Gasteiger partial charge in [-0.3, -0.25) is 4.79 Å². The molecule has 0 aromatic carbocycles. The van der Waals surface area contributed by atoms with Gasteiger partial charge in [-0.2, -0.15) is 0 Å². The predicted octanol–water partition coefficient (Wildman–Crippen LogP) is 0.284. The maximum Gasteiger partial charge on any atom is 0.414 e. The zero-order valence-electron chi connectivity index (χ0n) is 5.21. The quantitative estimate of drug-likeness (QED) is 0.550. The molecule has 0 unspecified atom stereocenters. The van der Waals surface area contributed by atoms with Gasteiger partial charge in [0.2, 0.25) is 5.91 Å². The molecule has 1 N–H and O–H groups in total. The first-order chi connectivity index (χ1) is 4.22. The Kier molecular flexibility index (Phi) is 3.39. The van der Waals surface area contributed by atoms with Crippen molar-refractivity contribution < 1.29 is 31.8 Å². The summed E-state index contributed by atoms with van der Waals surface area (Å²) in [6.45, 7) is 0.369. The molecule has 0 aliphatic carbocycles. The number of imide groups is 1. The fourth-order valence-electron chi connectivity index (χ4n) is 0.850. The van der Waals surface area contributed by atoms with Gasteiger partial charge < -0.3 is 5.11 Å². The number of nitrogens with zero attached hydrogens (tertiary/aromatic N) is 1. The zero-order chi connectivity index (χ0) is 6.85. The third-order valence-electron chi connectivity index (χ3n) is 1.30. The monoisotopic (exact) mass is 184 g/mol. The van der Waals surface area contributed by atoms with Crippen molar-refractivity contribution in [1.29, 1.82) is 0 Å². The van der Waals surface area contributed by atoms with E-state index in [1.807, 2.05) is 0 Å². The molecule has 5 heteroatoms. The van der Waals surface area contributed by atoms with Crippen LogP contribution in [0.3, 0.4) is 0 Å². The third kappa shape index (κ3) is 1.72. The third-order valence-corrected chi connectivity index (χ3v) is 1.30. The van der Waals surface area contributed by atoms with Crippen LogP contribution in [0.5, 0.6) is 0 Å². The SMILES string of the molecule is O=C(O)N1CCCC1=O.[Mn]. The number of carbonyl (C=O) groups excluding carboxylic acids is 1. The van der Waals surface area contributed by atoms with Gasteiger partial charge in [0, 0.05) is 30.0 Å². The summed E-state index contributed by atoms with van der Waals surface area (Å²) in [4.78, 5) is 21.5. The van der Waals surface area contributed by atoms with Gasteiger partial charge in [-0.25, -0.2) is 9.69 Å². The Hall–Kier alpha value is -0.541. The van der Waals surface area contributed by atoms with Gasteiger partial charge in [0.1, 0.15) is 0 Å². The standard InChI is InChI=1S/C5H7NO3.Mn/c7-4-2-1-3-6(4)5(8)9;/h1-3H2,(H,8,9);. The average Bonchev–Trinajstić information content (AvgIpc) is 2.13. The maximum absolute atomic E-state index is 10.6. The first-order valence-corrected chi connectivity index (χ1v) is 2.75. The van der Waals surface area contributed by atoms with E-state index in [0.717, 1.165) is 4.90 Å². The number of likely N-dealkylation sites (tertiary alicyclic amines) is 1. The zero-order valence-corrected chi connectivity index (χ0v) is 6.39. The van der Waals surface area contributed by atoms with E-state index in [1.165, 1.54) is 0 Å². The largest absolute Gasteiger partial charge is 0.465 e. The van der Waals surface area contributed by atoms with E-state index >= 15 is 0 Å². The maximum atomic E-state index is 10.6.